The molecule has 86 valence electrons. The van der Waals surface area contributed by atoms with Crippen LogP contribution >= 0.6 is 23.4 Å². The lowest BCUT2D eigenvalue weighted by molar-refractivity contribution is -0.137. The van der Waals surface area contributed by atoms with Crippen LogP contribution in [0.5, 0.6) is 0 Å². The zero-order valence-electron chi connectivity index (χ0n) is 9.00. The molecule has 0 aliphatic heterocycles. The summed E-state index contributed by atoms with van der Waals surface area (Å²) < 4.78 is 0. The molecule has 1 aliphatic carbocycles. The van der Waals surface area contributed by atoms with Gasteiger partial charge in [0.05, 0.1) is 6.42 Å². The summed E-state index contributed by atoms with van der Waals surface area (Å²) in [6.45, 7) is 0. The Morgan fingerprint density at radius 2 is 2.25 bits per heavy atom. The highest BCUT2D eigenvalue weighted by atomic mass is 35.5. The van der Waals surface area contributed by atoms with E-state index in [4.69, 9.17) is 16.7 Å². The van der Waals surface area contributed by atoms with Crippen LogP contribution in [0.25, 0.3) is 0 Å². The minimum Gasteiger partial charge on any atom is -0.481 e. The summed E-state index contributed by atoms with van der Waals surface area (Å²) in [7, 11) is 0. The van der Waals surface area contributed by atoms with Gasteiger partial charge >= 0.3 is 5.97 Å². The first kappa shape index (κ1) is 11.8. The highest BCUT2D eigenvalue weighted by Crippen LogP contribution is 2.55. The van der Waals surface area contributed by atoms with Crippen LogP contribution in [0.1, 0.15) is 24.8 Å². The van der Waals surface area contributed by atoms with Crippen molar-refractivity contribution in [3.63, 3.8) is 0 Å². The average molecular weight is 257 g/mol. The van der Waals surface area contributed by atoms with E-state index >= 15 is 0 Å². The predicted molar refractivity (Wildman–Crippen MR) is 66.4 cm³/mol. The Balaban J connectivity index is 2.43. The predicted octanol–water partition coefficient (Wildman–Crippen LogP) is 3.57. The van der Waals surface area contributed by atoms with Crippen LogP contribution in [0.2, 0.25) is 5.02 Å². The fraction of sp³-hybridized carbons (Fsp3) is 0.417. The fourth-order valence-corrected chi connectivity index (χ4v) is 3.32. The van der Waals surface area contributed by atoms with Crippen molar-refractivity contribution in [1.29, 1.82) is 0 Å². The Morgan fingerprint density at radius 1 is 1.56 bits per heavy atom. The summed E-state index contributed by atoms with van der Waals surface area (Å²) in [5, 5.41) is 9.65. The topological polar surface area (TPSA) is 37.3 Å². The van der Waals surface area contributed by atoms with E-state index in [2.05, 4.69) is 0 Å². The number of aliphatic carboxylic acids is 1. The Kier molecular flexibility index (Phi) is 3.17. The molecule has 1 N–H and O–H groups in total. The molecule has 1 fully saturated rings. The third kappa shape index (κ3) is 2.06. The smallest absolute Gasteiger partial charge is 0.304 e. The molecule has 0 radical (unpaired) electrons. The zero-order chi connectivity index (χ0) is 11.8. The first-order valence-electron chi connectivity index (χ1n) is 5.14. The van der Waals surface area contributed by atoms with Crippen LogP contribution in [-0.4, -0.2) is 17.3 Å². The molecule has 0 amide bonds. The molecule has 0 spiro atoms. The van der Waals surface area contributed by atoms with Crippen molar-refractivity contribution in [3.8, 4) is 0 Å². The van der Waals surface area contributed by atoms with Crippen molar-refractivity contribution in [1.82, 2.24) is 0 Å². The first-order valence-corrected chi connectivity index (χ1v) is 6.74. The van der Waals surface area contributed by atoms with Gasteiger partial charge in [-0.15, -0.1) is 11.8 Å². The van der Waals surface area contributed by atoms with E-state index in [0.29, 0.717) is 5.02 Å². The second kappa shape index (κ2) is 4.30. The highest BCUT2D eigenvalue weighted by Gasteiger charge is 2.48. The molecule has 0 aromatic heterocycles. The number of carbonyl (C=O) groups is 1. The third-order valence-electron chi connectivity index (χ3n) is 3.07. The molecule has 0 unspecified atom stereocenters. The van der Waals surface area contributed by atoms with E-state index in [1.165, 1.54) is 0 Å². The van der Waals surface area contributed by atoms with Crippen molar-refractivity contribution < 1.29 is 9.90 Å². The van der Waals surface area contributed by atoms with Crippen molar-refractivity contribution in [2.45, 2.75) is 29.6 Å². The number of thioether (sulfide) groups is 1. The molecule has 0 saturated heterocycles. The highest BCUT2D eigenvalue weighted by molar-refractivity contribution is 7.98. The average Bonchev–Trinajstić information content (AvgIpc) is 2.97. The quantitative estimate of drug-likeness (QED) is 0.837. The number of benzene rings is 1. The van der Waals surface area contributed by atoms with E-state index in [9.17, 15) is 4.79 Å². The van der Waals surface area contributed by atoms with Gasteiger partial charge in [-0.05, 0) is 36.8 Å². The van der Waals surface area contributed by atoms with Crippen LogP contribution in [0.15, 0.2) is 23.1 Å². The van der Waals surface area contributed by atoms with Gasteiger partial charge in [0.15, 0.2) is 0 Å². The minimum absolute atomic E-state index is 0.185. The lowest BCUT2D eigenvalue weighted by Gasteiger charge is -2.18. The molecule has 1 aliphatic rings. The Labute approximate surface area is 104 Å². The van der Waals surface area contributed by atoms with E-state index in [1.807, 2.05) is 24.5 Å². The molecule has 16 heavy (non-hydrogen) atoms. The molecule has 0 atom stereocenters. The van der Waals surface area contributed by atoms with Crippen LogP contribution < -0.4 is 0 Å². The normalized spacial score (nSPS) is 17.1. The SMILES string of the molecule is CSc1cccc(Cl)c1C1(CC(=O)O)CC1. The largest absolute Gasteiger partial charge is 0.481 e. The molecule has 1 saturated carbocycles. The van der Waals surface area contributed by atoms with Crippen LogP contribution in [0, 0.1) is 0 Å². The molecule has 1 aromatic carbocycles. The Hall–Kier alpha value is -0.670. The van der Waals surface area contributed by atoms with Gasteiger partial charge in [0, 0.05) is 15.3 Å². The van der Waals surface area contributed by atoms with E-state index in [1.54, 1.807) is 11.8 Å². The van der Waals surface area contributed by atoms with Crippen molar-refractivity contribution in [3.05, 3.63) is 28.8 Å². The molecular weight excluding hydrogens is 244 g/mol. The van der Waals surface area contributed by atoms with Crippen molar-refractivity contribution in [2.24, 2.45) is 0 Å². The summed E-state index contributed by atoms with van der Waals surface area (Å²) in [4.78, 5) is 12.0. The summed E-state index contributed by atoms with van der Waals surface area (Å²) in [6.07, 6.45) is 4.03. The maximum atomic E-state index is 10.9. The number of hydrogen-bond acceptors (Lipinski definition) is 2. The van der Waals surface area contributed by atoms with Gasteiger partial charge in [0.1, 0.15) is 0 Å². The minimum atomic E-state index is -0.746. The van der Waals surface area contributed by atoms with E-state index in [0.717, 1.165) is 23.3 Å². The lowest BCUT2D eigenvalue weighted by atomic mass is 9.92. The van der Waals surface area contributed by atoms with Crippen LogP contribution in [0.4, 0.5) is 0 Å². The lowest BCUT2D eigenvalue weighted by Crippen LogP contribution is -2.14. The third-order valence-corrected chi connectivity index (χ3v) is 4.16. The summed E-state index contributed by atoms with van der Waals surface area (Å²) in [5.41, 5.74) is 0.828. The van der Waals surface area contributed by atoms with Crippen molar-refractivity contribution >= 4 is 29.3 Å². The monoisotopic (exact) mass is 256 g/mol. The van der Waals surface area contributed by atoms with Gasteiger partial charge in [-0.25, -0.2) is 0 Å². The molecule has 2 rings (SSSR count). The summed E-state index contributed by atoms with van der Waals surface area (Å²) in [5.74, 6) is -0.746. The molecule has 2 nitrogen and oxygen atoms in total. The molecule has 4 heteroatoms. The number of hydrogen-bond donors (Lipinski definition) is 1. The second-order valence-electron chi connectivity index (χ2n) is 4.17. The van der Waals surface area contributed by atoms with Crippen molar-refractivity contribution in [2.75, 3.05) is 6.26 Å². The number of carboxylic acids is 1. The maximum Gasteiger partial charge on any atom is 0.304 e. The Bertz CT molecular complexity index is 427. The second-order valence-corrected chi connectivity index (χ2v) is 5.42. The Morgan fingerprint density at radius 3 is 2.75 bits per heavy atom. The first-order chi connectivity index (χ1) is 7.59. The fourth-order valence-electron chi connectivity index (χ4n) is 2.14. The number of rotatable bonds is 4. The molecule has 1 aromatic rings. The van der Waals surface area contributed by atoms with Gasteiger partial charge < -0.3 is 5.11 Å². The van der Waals surface area contributed by atoms with Gasteiger partial charge in [-0.3, -0.25) is 4.79 Å². The van der Waals surface area contributed by atoms with E-state index in [-0.39, 0.29) is 11.8 Å². The van der Waals surface area contributed by atoms with Gasteiger partial charge in [0.25, 0.3) is 0 Å². The summed E-state index contributed by atoms with van der Waals surface area (Å²) >= 11 is 7.84. The standard InChI is InChI=1S/C12H13ClO2S/c1-16-9-4-2-3-8(13)11(9)12(5-6-12)7-10(14)15/h2-4H,5-7H2,1H3,(H,14,15). The van der Waals surface area contributed by atoms with Gasteiger partial charge in [0.2, 0.25) is 0 Å². The molecule has 0 bridgehead atoms. The maximum absolute atomic E-state index is 10.9. The number of halogens is 1. The molecular formula is C12H13ClO2S. The van der Waals surface area contributed by atoms with Crippen LogP contribution in [-0.2, 0) is 10.2 Å². The van der Waals surface area contributed by atoms with Crippen LogP contribution in [0.3, 0.4) is 0 Å². The molecule has 0 heterocycles. The van der Waals surface area contributed by atoms with Gasteiger partial charge in [-0.2, -0.15) is 0 Å². The summed E-state index contributed by atoms with van der Waals surface area (Å²) in [6, 6.07) is 5.76. The van der Waals surface area contributed by atoms with E-state index < -0.39 is 5.97 Å². The number of carboxylic acid groups (broad SMARTS) is 1. The van der Waals surface area contributed by atoms with Gasteiger partial charge in [-0.1, -0.05) is 17.7 Å². The zero-order valence-corrected chi connectivity index (χ0v) is 10.6.